The third kappa shape index (κ3) is 5.67. The van der Waals surface area contributed by atoms with E-state index in [1.165, 1.54) is 62.5 Å². The fourth-order valence-electron chi connectivity index (χ4n) is 3.82. The van der Waals surface area contributed by atoms with Gasteiger partial charge in [0.25, 0.3) is 5.91 Å². The molecule has 1 fully saturated rings. The predicted molar refractivity (Wildman–Crippen MR) is 106 cm³/mol. The summed E-state index contributed by atoms with van der Waals surface area (Å²) in [6.45, 7) is 2.57. The van der Waals surface area contributed by atoms with Crippen molar-refractivity contribution in [2.24, 2.45) is 0 Å². The molecule has 3 rings (SSSR count). The zero-order valence-corrected chi connectivity index (χ0v) is 16.2. The molecule has 0 aliphatic heterocycles. The number of ether oxygens (including phenoxy) is 1. The zero-order valence-electron chi connectivity index (χ0n) is 15.4. The van der Waals surface area contributed by atoms with E-state index in [1.807, 2.05) is 24.8 Å². The molecule has 0 unspecified atom stereocenters. The predicted octanol–water partition coefficient (Wildman–Crippen LogP) is 4.51. The molecule has 1 saturated carbocycles. The number of carbonyl (C=O) groups is 1. The zero-order chi connectivity index (χ0) is 17.5. The van der Waals surface area contributed by atoms with Crippen LogP contribution >= 0.6 is 11.8 Å². The number of nitrogens with one attached hydrogen (secondary N) is 1. The summed E-state index contributed by atoms with van der Waals surface area (Å²) in [7, 11) is 0. The Hall–Kier alpha value is -1.16. The lowest BCUT2D eigenvalue weighted by Crippen LogP contribution is -2.37. The molecule has 138 valence electrons. The molecule has 2 aliphatic carbocycles. The van der Waals surface area contributed by atoms with Crippen LogP contribution in [0.1, 0.15) is 63.0 Å². The highest BCUT2D eigenvalue weighted by Gasteiger charge is 2.17. The van der Waals surface area contributed by atoms with E-state index in [-0.39, 0.29) is 5.91 Å². The van der Waals surface area contributed by atoms with E-state index in [0.29, 0.717) is 0 Å². The van der Waals surface area contributed by atoms with Crippen molar-refractivity contribution in [1.29, 1.82) is 0 Å². The van der Waals surface area contributed by atoms with Gasteiger partial charge in [0.15, 0.2) is 6.10 Å². The van der Waals surface area contributed by atoms with Gasteiger partial charge in [-0.1, -0.05) is 25.3 Å². The van der Waals surface area contributed by atoms with Crippen molar-refractivity contribution in [2.75, 3.05) is 12.3 Å². The van der Waals surface area contributed by atoms with Gasteiger partial charge >= 0.3 is 0 Å². The Bertz CT molecular complexity index is 569. The van der Waals surface area contributed by atoms with E-state index in [4.69, 9.17) is 4.74 Å². The molecule has 1 atom stereocenters. The SMILES string of the molecule is C[C@@H](Oc1ccc2c(c1)CCCC2)C(=O)NCCSC1CCCCC1. The molecule has 3 nitrogen and oxygen atoms in total. The largest absolute Gasteiger partial charge is 0.481 e. The first-order chi connectivity index (χ1) is 12.2. The highest BCUT2D eigenvalue weighted by Crippen LogP contribution is 2.28. The molecular weight excluding hydrogens is 330 g/mol. The number of aryl methyl sites for hydroxylation is 2. The Morgan fingerprint density at radius 3 is 2.72 bits per heavy atom. The summed E-state index contributed by atoms with van der Waals surface area (Å²) in [6.07, 6.45) is 11.2. The number of carbonyl (C=O) groups excluding carboxylic acids is 1. The fourth-order valence-corrected chi connectivity index (χ4v) is 5.04. The summed E-state index contributed by atoms with van der Waals surface area (Å²) in [5.74, 6) is 1.81. The smallest absolute Gasteiger partial charge is 0.260 e. The van der Waals surface area contributed by atoms with Crippen molar-refractivity contribution in [3.05, 3.63) is 29.3 Å². The van der Waals surface area contributed by atoms with E-state index in [1.54, 1.807) is 0 Å². The normalized spacial score (nSPS) is 19.1. The number of rotatable bonds is 7. The Balaban J connectivity index is 1.38. The monoisotopic (exact) mass is 361 g/mol. The molecule has 2 aliphatic rings. The Labute approximate surface area is 156 Å². The van der Waals surface area contributed by atoms with Crippen molar-refractivity contribution in [1.82, 2.24) is 5.32 Å². The molecule has 0 radical (unpaired) electrons. The van der Waals surface area contributed by atoms with Gasteiger partial charge in [-0.3, -0.25) is 4.79 Å². The summed E-state index contributed by atoms with van der Waals surface area (Å²) in [6, 6.07) is 6.29. The van der Waals surface area contributed by atoms with Crippen molar-refractivity contribution in [3.8, 4) is 5.75 Å². The van der Waals surface area contributed by atoms with Gasteiger partial charge < -0.3 is 10.1 Å². The summed E-state index contributed by atoms with van der Waals surface area (Å²) >= 11 is 2.01. The van der Waals surface area contributed by atoms with Crippen LogP contribution in [-0.4, -0.2) is 29.6 Å². The highest BCUT2D eigenvalue weighted by atomic mass is 32.2. The molecule has 0 saturated heterocycles. The third-order valence-electron chi connectivity index (χ3n) is 5.31. The number of benzene rings is 1. The molecular formula is C21H31NO2S. The summed E-state index contributed by atoms with van der Waals surface area (Å²) in [5.41, 5.74) is 2.83. The van der Waals surface area contributed by atoms with Crippen LogP contribution in [-0.2, 0) is 17.6 Å². The van der Waals surface area contributed by atoms with Crippen LogP contribution in [0, 0.1) is 0 Å². The minimum absolute atomic E-state index is 0.0121. The van der Waals surface area contributed by atoms with Gasteiger partial charge in [0, 0.05) is 17.5 Å². The van der Waals surface area contributed by atoms with Crippen LogP contribution in [0.5, 0.6) is 5.75 Å². The van der Waals surface area contributed by atoms with Crippen LogP contribution in [0.3, 0.4) is 0 Å². The summed E-state index contributed by atoms with van der Waals surface area (Å²) in [4.78, 5) is 12.2. The lowest BCUT2D eigenvalue weighted by Gasteiger charge is -2.21. The maximum absolute atomic E-state index is 12.2. The van der Waals surface area contributed by atoms with Crippen LogP contribution < -0.4 is 10.1 Å². The second kappa shape index (κ2) is 9.51. The van der Waals surface area contributed by atoms with Gasteiger partial charge in [-0.25, -0.2) is 0 Å². The Morgan fingerprint density at radius 2 is 1.92 bits per heavy atom. The number of thioether (sulfide) groups is 1. The number of amides is 1. The minimum Gasteiger partial charge on any atom is -0.481 e. The first-order valence-corrected chi connectivity index (χ1v) is 10.9. The highest BCUT2D eigenvalue weighted by molar-refractivity contribution is 7.99. The van der Waals surface area contributed by atoms with Crippen molar-refractivity contribution < 1.29 is 9.53 Å². The van der Waals surface area contributed by atoms with Gasteiger partial charge in [-0.15, -0.1) is 0 Å². The second-order valence-corrected chi connectivity index (χ2v) is 8.73. The van der Waals surface area contributed by atoms with E-state index in [9.17, 15) is 4.79 Å². The van der Waals surface area contributed by atoms with E-state index < -0.39 is 6.10 Å². The lowest BCUT2D eigenvalue weighted by molar-refractivity contribution is -0.127. The van der Waals surface area contributed by atoms with Crippen molar-refractivity contribution >= 4 is 17.7 Å². The van der Waals surface area contributed by atoms with E-state index in [2.05, 4.69) is 17.4 Å². The quantitative estimate of drug-likeness (QED) is 0.726. The fraction of sp³-hybridized carbons (Fsp3) is 0.667. The number of fused-ring (bicyclic) bond motifs is 1. The molecule has 1 amide bonds. The van der Waals surface area contributed by atoms with E-state index in [0.717, 1.165) is 29.7 Å². The molecule has 0 heterocycles. The Morgan fingerprint density at radius 1 is 1.16 bits per heavy atom. The van der Waals surface area contributed by atoms with Crippen LogP contribution in [0.25, 0.3) is 0 Å². The second-order valence-electron chi connectivity index (χ2n) is 7.32. The third-order valence-corrected chi connectivity index (χ3v) is 6.69. The van der Waals surface area contributed by atoms with Crippen molar-refractivity contribution in [2.45, 2.75) is 76.1 Å². The number of hydrogen-bond donors (Lipinski definition) is 1. The van der Waals surface area contributed by atoms with Gasteiger partial charge in [0.05, 0.1) is 0 Å². The Kier molecular flexibility index (Phi) is 7.09. The van der Waals surface area contributed by atoms with E-state index >= 15 is 0 Å². The summed E-state index contributed by atoms with van der Waals surface area (Å²) in [5, 5.41) is 3.82. The van der Waals surface area contributed by atoms with Crippen LogP contribution in [0.15, 0.2) is 18.2 Å². The van der Waals surface area contributed by atoms with Crippen LogP contribution in [0.2, 0.25) is 0 Å². The molecule has 0 aromatic heterocycles. The first kappa shape index (κ1) is 18.6. The van der Waals surface area contributed by atoms with Crippen molar-refractivity contribution in [3.63, 3.8) is 0 Å². The molecule has 0 bridgehead atoms. The van der Waals surface area contributed by atoms with Gasteiger partial charge in [0.2, 0.25) is 0 Å². The van der Waals surface area contributed by atoms with Gasteiger partial charge in [-0.05, 0) is 68.7 Å². The lowest BCUT2D eigenvalue weighted by atomic mass is 9.92. The number of hydrogen-bond acceptors (Lipinski definition) is 3. The maximum atomic E-state index is 12.2. The van der Waals surface area contributed by atoms with Gasteiger partial charge in [-0.2, -0.15) is 11.8 Å². The molecule has 1 aromatic rings. The topological polar surface area (TPSA) is 38.3 Å². The molecule has 25 heavy (non-hydrogen) atoms. The molecule has 1 aromatic carbocycles. The maximum Gasteiger partial charge on any atom is 0.260 e. The van der Waals surface area contributed by atoms with Gasteiger partial charge in [0.1, 0.15) is 5.75 Å². The molecule has 1 N–H and O–H groups in total. The first-order valence-electron chi connectivity index (χ1n) is 9.90. The molecule has 4 heteroatoms. The standard InChI is InChI=1S/C21H31NO2S/c1-16(21(23)22-13-14-25-20-9-3-2-4-10-20)24-19-12-11-17-7-5-6-8-18(17)15-19/h11-12,15-16,20H,2-10,13-14H2,1H3,(H,22,23)/t16-/m1/s1. The summed E-state index contributed by atoms with van der Waals surface area (Å²) < 4.78 is 5.87. The van der Waals surface area contributed by atoms with Crippen LogP contribution in [0.4, 0.5) is 0 Å². The average molecular weight is 362 g/mol. The average Bonchev–Trinajstić information content (AvgIpc) is 2.65. The minimum atomic E-state index is -0.443. The molecule has 0 spiro atoms.